The van der Waals surface area contributed by atoms with Crippen molar-refractivity contribution in [2.75, 3.05) is 13.1 Å². The molecule has 28 heavy (non-hydrogen) atoms. The number of hydrogen-bond acceptors (Lipinski definition) is 5. The van der Waals surface area contributed by atoms with E-state index in [9.17, 15) is 14.4 Å². The number of rotatable bonds is 8. The Morgan fingerprint density at radius 3 is 2.71 bits per heavy atom. The van der Waals surface area contributed by atoms with Gasteiger partial charge in [0.25, 0.3) is 11.1 Å². The van der Waals surface area contributed by atoms with Crippen LogP contribution in [-0.2, 0) is 16.1 Å². The van der Waals surface area contributed by atoms with Crippen LogP contribution < -0.4 is 5.32 Å². The fourth-order valence-corrected chi connectivity index (χ4v) is 3.60. The number of nitrogens with one attached hydrogen (secondary N) is 1. The summed E-state index contributed by atoms with van der Waals surface area (Å²) < 4.78 is 1.93. The SMILES string of the molecule is O=C(CCN1C(=O)S/C(=C\c2ccc(Cl)cc2)C1=O)NCCCn1ccnc1. The Morgan fingerprint density at radius 1 is 1.21 bits per heavy atom. The van der Waals surface area contributed by atoms with Gasteiger partial charge in [-0.3, -0.25) is 19.3 Å². The normalized spacial score (nSPS) is 15.5. The minimum Gasteiger partial charge on any atom is -0.356 e. The van der Waals surface area contributed by atoms with Crippen LogP contribution in [0.5, 0.6) is 0 Å². The van der Waals surface area contributed by atoms with E-state index < -0.39 is 0 Å². The number of carbonyl (C=O) groups is 3. The monoisotopic (exact) mass is 418 g/mol. The van der Waals surface area contributed by atoms with Crippen molar-refractivity contribution < 1.29 is 14.4 Å². The van der Waals surface area contributed by atoms with E-state index in [-0.39, 0.29) is 30.0 Å². The van der Waals surface area contributed by atoms with Crippen LogP contribution in [0.2, 0.25) is 5.02 Å². The summed E-state index contributed by atoms with van der Waals surface area (Å²) in [5.74, 6) is -0.566. The van der Waals surface area contributed by atoms with Gasteiger partial charge in [-0.15, -0.1) is 0 Å². The van der Waals surface area contributed by atoms with Crippen molar-refractivity contribution >= 4 is 46.5 Å². The number of carbonyl (C=O) groups excluding carboxylic acids is 3. The molecule has 3 rings (SSSR count). The molecule has 0 radical (unpaired) electrons. The third-order valence-corrected chi connectivity index (χ3v) is 5.24. The Morgan fingerprint density at radius 2 is 2.00 bits per heavy atom. The van der Waals surface area contributed by atoms with Crippen LogP contribution in [0.3, 0.4) is 0 Å². The first kappa shape index (κ1) is 20.2. The van der Waals surface area contributed by atoms with E-state index in [1.165, 1.54) is 0 Å². The molecule has 1 fully saturated rings. The maximum atomic E-state index is 12.4. The predicted molar refractivity (Wildman–Crippen MR) is 109 cm³/mol. The lowest BCUT2D eigenvalue weighted by Crippen LogP contribution is -2.34. The molecule has 146 valence electrons. The molecule has 0 saturated carbocycles. The summed E-state index contributed by atoms with van der Waals surface area (Å²) in [5, 5.41) is 3.03. The van der Waals surface area contributed by atoms with Crippen LogP contribution >= 0.6 is 23.4 Å². The first-order valence-electron chi connectivity index (χ1n) is 8.76. The maximum Gasteiger partial charge on any atom is 0.293 e. The zero-order valence-corrected chi connectivity index (χ0v) is 16.6. The highest BCUT2D eigenvalue weighted by molar-refractivity contribution is 8.18. The van der Waals surface area contributed by atoms with Gasteiger partial charge < -0.3 is 9.88 Å². The van der Waals surface area contributed by atoms with Crippen LogP contribution in [0.25, 0.3) is 6.08 Å². The van der Waals surface area contributed by atoms with E-state index in [0.717, 1.165) is 35.2 Å². The number of nitrogens with zero attached hydrogens (tertiary/aromatic N) is 3. The first-order valence-corrected chi connectivity index (χ1v) is 9.96. The molecule has 2 heterocycles. The Kier molecular flexibility index (Phi) is 6.89. The first-order chi connectivity index (χ1) is 13.5. The van der Waals surface area contributed by atoms with Crippen molar-refractivity contribution in [1.29, 1.82) is 0 Å². The highest BCUT2D eigenvalue weighted by atomic mass is 35.5. The van der Waals surface area contributed by atoms with E-state index in [2.05, 4.69) is 10.3 Å². The molecule has 2 aromatic rings. The van der Waals surface area contributed by atoms with Gasteiger partial charge in [0, 0.05) is 43.5 Å². The van der Waals surface area contributed by atoms with Crippen LogP contribution in [0.1, 0.15) is 18.4 Å². The molecule has 0 unspecified atom stereocenters. The molecule has 1 aromatic heterocycles. The van der Waals surface area contributed by atoms with Crippen molar-refractivity contribution in [3.8, 4) is 0 Å². The molecule has 0 bridgehead atoms. The predicted octanol–water partition coefficient (Wildman–Crippen LogP) is 3.17. The van der Waals surface area contributed by atoms with Gasteiger partial charge in [-0.2, -0.15) is 0 Å². The Balaban J connectivity index is 1.44. The minimum absolute atomic E-state index is 0.0655. The minimum atomic E-state index is -0.377. The molecule has 9 heteroatoms. The molecule has 7 nitrogen and oxygen atoms in total. The molecule has 1 saturated heterocycles. The zero-order chi connectivity index (χ0) is 19.9. The van der Waals surface area contributed by atoms with Gasteiger partial charge in [-0.25, -0.2) is 4.98 Å². The number of benzene rings is 1. The van der Waals surface area contributed by atoms with E-state index in [1.54, 1.807) is 42.9 Å². The Bertz CT molecular complexity index is 881. The fraction of sp³-hybridized carbons (Fsp3) is 0.263. The molecule has 0 atom stereocenters. The van der Waals surface area contributed by atoms with Gasteiger partial charge >= 0.3 is 0 Å². The summed E-state index contributed by atoms with van der Waals surface area (Å²) in [7, 11) is 0. The molecule has 1 aliphatic heterocycles. The third-order valence-electron chi connectivity index (χ3n) is 4.08. The maximum absolute atomic E-state index is 12.4. The second-order valence-electron chi connectivity index (χ2n) is 6.14. The van der Waals surface area contributed by atoms with E-state index >= 15 is 0 Å². The molecule has 3 amide bonds. The molecule has 0 spiro atoms. The third kappa shape index (κ3) is 5.46. The van der Waals surface area contributed by atoms with Gasteiger partial charge in [0.05, 0.1) is 11.2 Å². The average Bonchev–Trinajstić information content (AvgIpc) is 3.28. The molecular weight excluding hydrogens is 400 g/mol. The quantitative estimate of drug-likeness (QED) is 0.525. The molecular formula is C19H19ClN4O3S. The largest absolute Gasteiger partial charge is 0.356 e. The van der Waals surface area contributed by atoms with Crippen molar-refractivity contribution in [3.05, 3.63) is 58.5 Å². The van der Waals surface area contributed by atoms with Crippen LogP contribution in [0.4, 0.5) is 4.79 Å². The van der Waals surface area contributed by atoms with E-state index in [4.69, 9.17) is 11.6 Å². The number of aromatic nitrogens is 2. The number of amides is 3. The summed E-state index contributed by atoms with van der Waals surface area (Å²) in [6.07, 6.45) is 7.79. The lowest BCUT2D eigenvalue weighted by Gasteiger charge is -2.12. The Hall–Kier alpha value is -2.58. The highest BCUT2D eigenvalue weighted by Gasteiger charge is 2.34. The zero-order valence-electron chi connectivity index (χ0n) is 15.0. The van der Waals surface area contributed by atoms with Gasteiger partial charge in [0.1, 0.15) is 0 Å². The lowest BCUT2D eigenvalue weighted by molar-refractivity contribution is -0.124. The summed E-state index contributed by atoms with van der Waals surface area (Å²) in [5.41, 5.74) is 0.783. The van der Waals surface area contributed by atoms with Crippen LogP contribution in [0, 0.1) is 0 Å². The standard InChI is InChI=1S/C19H19ClN4O3S/c20-15-4-2-14(3-5-15)12-16-18(26)24(19(27)28-16)10-6-17(25)22-7-1-9-23-11-8-21-13-23/h2-5,8,11-13H,1,6-7,9-10H2,(H,22,25)/b16-12-. The van der Waals surface area contributed by atoms with E-state index in [0.29, 0.717) is 16.5 Å². The highest BCUT2D eigenvalue weighted by Crippen LogP contribution is 2.32. The molecule has 0 aliphatic carbocycles. The topological polar surface area (TPSA) is 84.3 Å². The molecule has 1 aromatic carbocycles. The van der Waals surface area contributed by atoms with Gasteiger partial charge in [0.2, 0.25) is 5.91 Å². The van der Waals surface area contributed by atoms with Crippen molar-refractivity contribution in [1.82, 2.24) is 19.8 Å². The number of imide groups is 1. The molecule has 1 aliphatic rings. The fourth-order valence-electron chi connectivity index (χ4n) is 2.61. The Labute approximate surface area is 171 Å². The number of thioether (sulfide) groups is 1. The number of imidazole rings is 1. The van der Waals surface area contributed by atoms with Crippen LogP contribution in [0.15, 0.2) is 47.9 Å². The summed E-state index contributed by atoms with van der Waals surface area (Å²) >= 11 is 6.73. The molecule has 1 N–H and O–H groups in total. The van der Waals surface area contributed by atoms with Gasteiger partial charge in [-0.05, 0) is 42.0 Å². The number of hydrogen-bond donors (Lipinski definition) is 1. The number of halogens is 1. The summed E-state index contributed by atoms with van der Waals surface area (Å²) in [6.45, 7) is 1.35. The van der Waals surface area contributed by atoms with E-state index in [1.807, 2.05) is 10.8 Å². The van der Waals surface area contributed by atoms with Crippen molar-refractivity contribution in [3.63, 3.8) is 0 Å². The van der Waals surface area contributed by atoms with Crippen molar-refractivity contribution in [2.24, 2.45) is 0 Å². The van der Waals surface area contributed by atoms with Gasteiger partial charge in [0.15, 0.2) is 0 Å². The van der Waals surface area contributed by atoms with Crippen LogP contribution in [-0.4, -0.2) is 44.6 Å². The lowest BCUT2D eigenvalue weighted by atomic mass is 10.2. The number of aryl methyl sites for hydroxylation is 1. The second-order valence-corrected chi connectivity index (χ2v) is 7.57. The van der Waals surface area contributed by atoms with Crippen molar-refractivity contribution in [2.45, 2.75) is 19.4 Å². The summed E-state index contributed by atoms with van der Waals surface area (Å²) in [4.78, 5) is 41.9. The second kappa shape index (κ2) is 9.57. The smallest absolute Gasteiger partial charge is 0.293 e. The average molecular weight is 419 g/mol. The van der Waals surface area contributed by atoms with Gasteiger partial charge in [-0.1, -0.05) is 23.7 Å². The summed E-state index contributed by atoms with van der Waals surface area (Å²) in [6, 6.07) is 6.98.